The Labute approximate surface area is 142 Å². The first-order valence-electron chi connectivity index (χ1n) is 8.62. The molecule has 2 nitrogen and oxygen atoms in total. The maximum absolute atomic E-state index is 12.1. The lowest BCUT2D eigenvalue weighted by Gasteiger charge is -2.24. The van der Waals surface area contributed by atoms with Crippen molar-refractivity contribution in [2.75, 3.05) is 18.0 Å². The summed E-state index contributed by atoms with van der Waals surface area (Å²) in [4.78, 5) is 14.4. The number of nitrogens with zero attached hydrogens (tertiary/aromatic N) is 1. The van der Waals surface area contributed by atoms with Gasteiger partial charge in [0.25, 0.3) is 0 Å². The van der Waals surface area contributed by atoms with Crippen LogP contribution in [0.15, 0.2) is 48.5 Å². The zero-order valence-electron chi connectivity index (χ0n) is 14.4. The third kappa shape index (κ3) is 1.99. The highest BCUT2D eigenvalue weighted by Crippen LogP contribution is 2.39. The van der Waals surface area contributed by atoms with Gasteiger partial charge in [-0.2, -0.15) is 0 Å². The number of rotatable bonds is 4. The van der Waals surface area contributed by atoms with Crippen molar-refractivity contribution in [3.05, 3.63) is 54.1 Å². The molecule has 0 aliphatic heterocycles. The molecule has 0 N–H and O–H groups in total. The van der Waals surface area contributed by atoms with Crippen molar-refractivity contribution in [2.45, 2.75) is 20.8 Å². The van der Waals surface area contributed by atoms with Gasteiger partial charge in [-0.25, -0.2) is 0 Å². The Balaban J connectivity index is 2.20. The summed E-state index contributed by atoms with van der Waals surface area (Å²) in [5.41, 5.74) is 2.08. The van der Waals surface area contributed by atoms with E-state index in [4.69, 9.17) is 0 Å². The van der Waals surface area contributed by atoms with Gasteiger partial charge >= 0.3 is 0 Å². The average Bonchev–Trinajstić information content (AvgIpc) is 2.61. The van der Waals surface area contributed by atoms with Gasteiger partial charge in [-0.1, -0.05) is 42.5 Å². The monoisotopic (exact) mass is 315 g/mol. The Kier molecular flexibility index (Phi) is 3.42. The fourth-order valence-electron chi connectivity index (χ4n) is 3.93. The number of anilines is 1. The Bertz CT molecular complexity index is 1060. The number of hydrogen-bond acceptors (Lipinski definition) is 2. The topological polar surface area (TPSA) is 20.3 Å². The number of Topliss-reactive ketones (excluding diaryl/α,β-unsaturated/α-hetero) is 1. The average molecular weight is 315 g/mol. The third-order valence-corrected chi connectivity index (χ3v) is 5.13. The van der Waals surface area contributed by atoms with Crippen LogP contribution in [0.4, 0.5) is 5.69 Å². The first-order valence-corrected chi connectivity index (χ1v) is 8.62. The van der Waals surface area contributed by atoms with E-state index in [-0.39, 0.29) is 5.78 Å². The van der Waals surface area contributed by atoms with E-state index in [1.54, 1.807) is 6.92 Å². The molecule has 4 aromatic rings. The van der Waals surface area contributed by atoms with E-state index in [0.29, 0.717) is 0 Å². The Morgan fingerprint density at radius 2 is 1.33 bits per heavy atom. The van der Waals surface area contributed by atoms with Crippen molar-refractivity contribution >= 4 is 43.8 Å². The van der Waals surface area contributed by atoms with Crippen LogP contribution in [0.1, 0.15) is 31.1 Å². The van der Waals surface area contributed by atoms with Crippen LogP contribution >= 0.6 is 0 Å². The van der Waals surface area contributed by atoms with Gasteiger partial charge in [0.05, 0.1) is 0 Å². The summed E-state index contributed by atoms with van der Waals surface area (Å²) in [7, 11) is 0. The molecule has 0 amide bonds. The summed E-state index contributed by atoms with van der Waals surface area (Å²) in [6, 6.07) is 17.1. The molecule has 0 atom stereocenters. The molecular formula is C22H21NO. The second kappa shape index (κ2) is 5.48. The molecule has 24 heavy (non-hydrogen) atoms. The molecule has 0 fully saturated rings. The lowest BCUT2D eigenvalue weighted by atomic mass is 9.90. The number of hydrogen-bond donors (Lipinski definition) is 0. The van der Waals surface area contributed by atoms with Crippen molar-refractivity contribution in [3.8, 4) is 0 Å². The first kappa shape index (κ1) is 14.9. The van der Waals surface area contributed by atoms with Gasteiger partial charge in [0.2, 0.25) is 0 Å². The largest absolute Gasteiger partial charge is 0.372 e. The minimum absolute atomic E-state index is 0.122. The summed E-state index contributed by atoms with van der Waals surface area (Å²) < 4.78 is 0. The van der Waals surface area contributed by atoms with E-state index in [9.17, 15) is 4.79 Å². The Morgan fingerprint density at radius 3 is 1.96 bits per heavy atom. The van der Waals surface area contributed by atoms with Crippen LogP contribution in [0.5, 0.6) is 0 Å². The van der Waals surface area contributed by atoms with Crippen molar-refractivity contribution in [3.63, 3.8) is 0 Å². The standard InChI is InChI=1S/C22H21NO/c1-4-23(5-2)20-13-9-16-7-11-18-17(14(3)24)10-6-15-8-12-19(20)22(16)21(15)18/h6-13H,4-5H2,1-3H3. The minimum Gasteiger partial charge on any atom is -0.372 e. The number of benzene rings is 4. The minimum atomic E-state index is 0.122. The molecule has 0 spiro atoms. The lowest BCUT2D eigenvalue weighted by molar-refractivity contribution is 0.101. The van der Waals surface area contributed by atoms with Crippen LogP contribution in [0.2, 0.25) is 0 Å². The van der Waals surface area contributed by atoms with Gasteiger partial charge in [-0.15, -0.1) is 0 Å². The molecule has 0 saturated heterocycles. The molecule has 2 heteroatoms. The van der Waals surface area contributed by atoms with E-state index < -0.39 is 0 Å². The Morgan fingerprint density at radius 1 is 0.792 bits per heavy atom. The maximum atomic E-state index is 12.1. The molecule has 0 unspecified atom stereocenters. The molecule has 0 radical (unpaired) electrons. The molecule has 4 rings (SSSR count). The van der Waals surface area contributed by atoms with E-state index in [2.05, 4.69) is 61.2 Å². The molecule has 0 bridgehead atoms. The smallest absolute Gasteiger partial charge is 0.160 e. The molecule has 0 aliphatic carbocycles. The zero-order chi connectivity index (χ0) is 16.8. The van der Waals surface area contributed by atoms with Gasteiger partial charge < -0.3 is 4.90 Å². The van der Waals surface area contributed by atoms with Crippen LogP contribution in [0.25, 0.3) is 32.3 Å². The highest BCUT2D eigenvalue weighted by Gasteiger charge is 2.15. The summed E-state index contributed by atoms with van der Waals surface area (Å²) in [6.45, 7) is 8.00. The third-order valence-electron chi connectivity index (χ3n) is 5.13. The fourth-order valence-corrected chi connectivity index (χ4v) is 3.93. The highest BCUT2D eigenvalue weighted by molar-refractivity contribution is 6.28. The van der Waals surface area contributed by atoms with Crippen LogP contribution < -0.4 is 4.90 Å². The van der Waals surface area contributed by atoms with Gasteiger partial charge in [0, 0.05) is 29.7 Å². The Hall–Kier alpha value is -2.61. The second-order valence-electron chi connectivity index (χ2n) is 6.35. The quantitative estimate of drug-likeness (QED) is 0.359. The molecule has 4 aromatic carbocycles. The van der Waals surface area contributed by atoms with Crippen LogP contribution in [-0.2, 0) is 0 Å². The normalized spacial score (nSPS) is 11.6. The highest BCUT2D eigenvalue weighted by atomic mass is 16.1. The van der Waals surface area contributed by atoms with Crippen molar-refractivity contribution in [2.24, 2.45) is 0 Å². The number of carbonyl (C=O) groups excluding carboxylic acids is 1. The van der Waals surface area contributed by atoms with Crippen molar-refractivity contribution in [1.82, 2.24) is 0 Å². The van der Waals surface area contributed by atoms with E-state index in [0.717, 1.165) is 24.0 Å². The van der Waals surface area contributed by atoms with E-state index in [1.165, 1.54) is 32.6 Å². The molecule has 120 valence electrons. The number of ketones is 1. The SMILES string of the molecule is CCN(CC)c1ccc2ccc3c(C(C)=O)ccc4ccc1c2c43. The van der Waals surface area contributed by atoms with Gasteiger partial charge in [-0.05, 0) is 53.8 Å². The van der Waals surface area contributed by atoms with Crippen LogP contribution in [-0.4, -0.2) is 18.9 Å². The number of carbonyl (C=O) groups is 1. The fraction of sp³-hybridized carbons (Fsp3) is 0.227. The van der Waals surface area contributed by atoms with Crippen LogP contribution in [0.3, 0.4) is 0 Å². The predicted molar refractivity (Wildman–Crippen MR) is 104 cm³/mol. The summed E-state index contributed by atoms with van der Waals surface area (Å²) in [5.74, 6) is 0.122. The molecular weight excluding hydrogens is 294 g/mol. The van der Waals surface area contributed by atoms with Crippen molar-refractivity contribution in [1.29, 1.82) is 0 Å². The summed E-state index contributed by atoms with van der Waals surface area (Å²) in [5, 5.41) is 7.26. The van der Waals surface area contributed by atoms with Crippen molar-refractivity contribution < 1.29 is 4.79 Å². The van der Waals surface area contributed by atoms with E-state index >= 15 is 0 Å². The molecule has 0 aliphatic rings. The summed E-state index contributed by atoms with van der Waals surface area (Å²) >= 11 is 0. The van der Waals surface area contributed by atoms with Crippen LogP contribution in [0, 0.1) is 0 Å². The molecule has 0 aromatic heterocycles. The predicted octanol–water partition coefficient (Wildman–Crippen LogP) is 5.63. The van der Waals surface area contributed by atoms with Gasteiger partial charge in [-0.3, -0.25) is 4.79 Å². The summed E-state index contributed by atoms with van der Waals surface area (Å²) in [6.07, 6.45) is 0. The van der Waals surface area contributed by atoms with E-state index in [1.807, 2.05) is 6.07 Å². The van der Waals surface area contributed by atoms with Gasteiger partial charge in [0.15, 0.2) is 5.78 Å². The molecule has 0 heterocycles. The first-order chi connectivity index (χ1) is 11.7. The maximum Gasteiger partial charge on any atom is 0.160 e. The zero-order valence-corrected chi connectivity index (χ0v) is 14.4. The van der Waals surface area contributed by atoms with Gasteiger partial charge in [0.1, 0.15) is 0 Å². The molecule has 0 saturated carbocycles. The second-order valence-corrected chi connectivity index (χ2v) is 6.35. The lowest BCUT2D eigenvalue weighted by Crippen LogP contribution is -2.22.